The smallest absolute Gasteiger partial charge is 0.255 e. The average molecular weight is 376 g/mol. The van der Waals surface area contributed by atoms with Gasteiger partial charge in [-0.05, 0) is 49.7 Å². The van der Waals surface area contributed by atoms with Crippen molar-refractivity contribution in [1.29, 1.82) is 0 Å². The van der Waals surface area contributed by atoms with Crippen LogP contribution in [0.4, 0.5) is 5.69 Å². The van der Waals surface area contributed by atoms with Gasteiger partial charge in [-0.3, -0.25) is 4.79 Å². The molecule has 0 bridgehead atoms. The second-order valence-corrected chi connectivity index (χ2v) is 7.72. The number of amides is 1. The van der Waals surface area contributed by atoms with Crippen molar-refractivity contribution in [3.63, 3.8) is 0 Å². The van der Waals surface area contributed by atoms with Crippen molar-refractivity contribution in [2.45, 2.75) is 23.1 Å². The van der Waals surface area contributed by atoms with Gasteiger partial charge >= 0.3 is 0 Å². The molecule has 3 aromatic rings. The topological polar surface area (TPSA) is 54.9 Å². The number of aryl methyl sites for hydroxylation is 2. The van der Waals surface area contributed by atoms with Gasteiger partial charge in [0.2, 0.25) is 0 Å². The Hall–Kier alpha value is -1.89. The molecule has 122 valence electrons. The van der Waals surface area contributed by atoms with E-state index in [0.717, 1.165) is 26.2 Å². The maximum absolute atomic E-state index is 12.3. The summed E-state index contributed by atoms with van der Waals surface area (Å²) in [6.45, 7) is 3.95. The Morgan fingerprint density at radius 3 is 2.75 bits per heavy atom. The molecule has 1 aromatic carbocycles. The van der Waals surface area contributed by atoms with Crippen molar-refractivity contribution in [3.05, 3.63) is 63.9 Å². The van der Waals surface area contributed by atoms with E-state index >= 15 is 0 Å². The number of benzene rings is 1. The Morgan fingerprint density at radius 2 is 2.08 bits per heavy atom. The van der Waals surface area contributed by atoms with Crippen LogP contribution in [0.5, 0.6) is 0 Å². The number of hydrogen-bond donors (Lipinski definition) is 1. The van der Waals surface area contributed by atoms with Crippen LogP contribution in [0.25, 0.3) is 0 Å². The number of thiazole rings is 1. The van der Waals surface area contributed by atoms with Gasteiger partial charge in [-0.2, -0.15) is 0 Å². The summed E-state index contributed by atoms with van der Waals surface area (Å²) in [5.41, 5.74) is 3.26. The molecule has 2 heterocycles. The van der Waals surface area contributed by atoms with Crippen LogP contribution in [0, 0.1) is 13.8 Å². The number of aromatic nitrogens is 2. The van der Waals surface area contributed by atoms with E-state index in [1.165, 1.54) is 6.20 Å². The maximum atomic E-state index is 12.3. The van der Waals surface area contributed by atoms with Gasteiger partial charge in [-0.1, -0.05) is 23.4 Å². The van der Waals surface area contributed by atoms with Crippen molar-refractivity contribution in [2.24, 2.45) is 0 Å². The molecule has 2 aromatic heterocycles. The third-order valence-electron chi connectivity index (χ3n) is 3.24. The fourth-order valence-corrected chi connectivity index (χ4v) is 4.14. The molecule has 0 saturated carbocycles. The summed E-state index contributed by atoms with van der Waals surface area (Å²) in [4.78, 5) is 21.7. The van der Waals surface area contributed by atoms with Crippen molar-refractivity contribution in [1.82, 2.24) is 9.97 Å². The Morgan fingerprint density at radius 1 is 1.25 bits per heavy atom. The third-order valence-corrected chi connectivity index (χ3v) is 5.49. The number of hydrogen-bond acceptors (Lipinski definition) is 5. The number of nitrogens with one attached hydrogen (secondary N) is 1. The summed E-state index contributed by atoms with van der Waals surface area (Å²) < 4.78 is 1.01. The number of halogens is 1. The second-order valence-electron chi connectivity index (χ2n) is 5.15. The van der Waals surface area contributed by atoms with Gasteiger partial charge < -0.3 is 5.32 Å². The molecule has 0 saturated heterocycles. The highest BCUT2D eigenvalue weighted by molar-refractivity contribution is 8.01. The van der Waals surface area contributed by atoms with Gasteiger partial charge in [0.05, 0.1) is 0 Å². The molecule has 0 radical (unpaired) electrons. The predicted molar refractivity (Wildman–Crippen MR) is 99.4 cm³/mol. The van der Waals surface area contributed by atoms with Crippen molar-refractivity contribution in [2.75, 3.05) is 5.32 Å². The minimum absolute atomic E-state index is 0.210. The van der Waals surface area contributed by atoms with Gasteiger partial charge in [-0.15, -0.1) is 11.3 Å². The zero-order valence-electron chi connectivity index (χ0n) is 13.0. The highest BCUT2D eigenvalue weighted by Gasteiger charge is 2.10. The fraction of sp³-hybridized carbons (Fsp3) is 0.118. The summed E-state index contributed by atoms with van der Waals surface area (Å²) in [5, 5.41) is 5.23. The van der Waals surface area contributed by atoms with Gasteiger partial charge in [0.25, 0.3) is 5.91 Å². The molecule has 0 spiro atoms. The number of carbonyl (C=O) groups excluding carboxylic acids is 1. The number of pyridine rings is 1. The number of carbonyl (C=O) groups is 1. The first-order chi connectivity index (χ1) is 11.5. The number of rotatable bonds is 4. The van der Waals surface area contributed by atoms with Crippen molar-refractivity contribution >= 4 is 46.3 Å². The van der Waals surface area contributed by atoms with E-state index in [-0.39, 0.29) is 5.91 Å². The molecule has 0 atom stereocenters. The molecular formula is C17H14ClN3OS2. The predicted octanol–water partition coefficient (Wildman–Crippen LogP) is 5.21. The Kier molecular flexibility index (Phi) is 5.18. The monoisotopic (exact) mass is 375 g/mol. The van der Waals surface area contributed by atoms with Crippen LogP contribution < -0.4 is 5.32 Å². The zero-order valence-corrected chi connectivity index (χ0v) is 15.4. The fourth-order valence-electron chi connectivity index (χ4n) is 2.06. The molecule has 0 fully saturated rings. The summed E-state index contributed by atoms with van der Waals surface area (Å²) in [7, 11) is 0. The average Bonchev–Trinajstić information content (AvgIpc) is 2.95. The zero-order chi connectivity index (χ0) is 17.1. The van der Waals surface area contributed by atoms with E-state index in [4.69, 9.17) is 11.6 Å². The van der Waals surface area contributed by atoms with Gasteiger partial charge in [0.15, 0.2) is 4.34 Å². The molecule has 0 aliphatic rings. The van der Waals surface area contributed by atoms with E-state index in [2.05, 4.69) is 15.3 Å². The van der Waals surface area contributed by atoms with Crippen LogP contribution in [0.3, 0.4) is 0 Å². The highest BCUT2D eigenvalue weighted by atomic mass is 35.5. The first-order valence-corrected chi connectivity index (χ1v) is 9.22. The largest absolute Gasteiger partial charge is 0.322 e. The molecule has 1 N–H and O–H groups in total. The Balaban J connectivity index is 1.74. The molecule has 0 aliphatic heterocycles. The molecule has 0 unspecified atom stereocenters. The first kappa shape index (κ1) is 17.0. The van der Waals surface area contributed by atoms with Crippen LogP contribution in [-0.2, 0) is 0 Å². The molecule has 1 amide bonds. The Labute approximate surface area is 153 Å². The van der Waals surface area contributed by atoms with E-state index in [1.54, 1.807) is 35.2 Å². The van der Waals surface area contributed by atoms with Crippen LogP contribution in [0.1, 0.15) is 21.6 Å². The molecule has 7 heteroatoms. The SMILES string of the molecule is Cc1csc(Sc2ccc(NC(=O)c3ccnc(Cl)c3)c(C)c2)n1. The second kappa shape index (κ2) is 7.34. The first-order valence-electron chi connectivity index (χ1n) is 7.15. The minimum Gasteiger partial charge on any atom is -0.322 e. The van der Waals surface area contributed by atoms with Crippen LogP contribution >= 0.6 is 34.7 Å². The molecular weight excluding hydrogens is 362 g/mol. The van der Waals surface area contributed by atoms with E-state index in [9.17, 15) is 4.79 Å². The van der Waals surface area contributed by atoms with E-state index < -0.39 is 0 Å². The molecule has 24 heavy (non-hydrogen) atoms. The number of anilines is 1. The van der Waals surface area contributed by atoms with Gasteiger partial charge in [0, 0.05) is 33.4 Å². The lowest BCUT2D eigenvalue weighted by molar-refractivity contribution is 0.102. The van der Waals surface area contributed by atoms with E-state index in [1.807, 2.05) is 37.4 Å². The van der Waals surface area contributed by atoms with Crippen LogP contribution in [-0.4, -0.2) is 15.9 Å². The lowest BCUT2D eigenvalue weighted by atomic mass is 10.2. The lowest BCUT2D eigenvalue weighted by Crippen LogP contribution is -2.12. The molecule has 0 aliphatic carbocycles. The van der Waals surface area contributed by atoms with Gasteiger partial charge in [0.1, 0.15) is 5.15 Å². The summed E-state index contributed by atoms with van der Waals surface area (Å²) >= 11 is 9.07. The Bertz CT molecular complexity index is 895. The van der Waals surface area contributed by atoms with E-state index in [0.29, 0.717) is 10.7 Å². The molecule has 4 nitrogen and oxygen atoms in total. The third kappa shape index (κ3) is 4.14. The van der Waals surface area contributed by atoms with Crippen molar-refractivity contribution in [3.8, 4) is 0 Å². The van der Waals surface area contributed by atoms with Crippen LogP contribution in [0.2, 0.25) is 5.15 Å². The van der Waals surface area contributed by atoms with Gasteiger partial charge in [-0.25, -0.2) is 9.97 Å². The lowest BCUT2D eigenvalue weighted by Gasteiger charge is -2.10. The van der Waals surface area contributed by atoms with Crippen molar-refractivity contribution < 1.29 is 4.79 Å². The standard InChI is InChI=1S/C17H14ClN3OS2/c1-10-7-13(24-17-20-11(2)9-23-17)3-4-14(10)21-16(22)12-5-6-19-15(18)8-12/h3-9H,1-2H3,(H,21,22). The summed E-state index contributed by atoms with van der Waals surface area (Å²) in [6, 6.07) is 9.09. The quantitative estimate of drug-likeness (QED) is 0.636. The normalized spacial score (nSPS) is 10.6. The number of nitrogens with zero attached hydrogens (tertiary/aromatic N) is 2. The summed E-state index contributed by atoms with van der Waals surface area (Å²) in [5.74, 6) is -0.210. The highest BCUT2D eigenvalue weighted by Crippen LogP contribution is 2.32. The van der Waals surface area contributed by atoms with Crippen LogP contribution in [0.15, 0.2) is 51.1 Å². The maximum Gasteiger partial charge on any atom is 0.255 e. The summed E-state index contributed by atoms with van der Waals surface area (Å²) in [6.07, 6.45) is 1.51. The minimum atomic E-state index is -0.210. The molecule has 3 rings (SSSR count).